The fourth-order valence-corrected chi connectivity index (χ4v) is 2.37. The SMILES string of the molecule is Cc1c(C=C2N=C(c3ccc(Cl)cc3)OC2=O)cc(C#N)n1C. The third kappa shape index (κ3) is 2.77. The standard InChI is InChI=1S/C17H12ClN3O2/c1-10-12(7-14(9-19)21(10)2)8-15-17(22)23-16(20-15)11-3-5-13(18)6-4-11/h3-8H,1-2H3. The number of hydrogen-bond acceptors (Lipinski definition) is 4. The van der Waals surface area contributed by atoms with Crippen LogP contribution in [0, 0.1) is 18.3 Å². The van der Waals surface area contributed by atoms with Gasteiger partial charge in [0.15, 0.2) is 5.70 Å². The first-order valence-electron chi connectivity index (χ1n) is 6.84. The Morgan fingerprint density at radius 2 is 2.04 bits per heavy atom. The molecule has 1 aliphatic rings. The number of rotatable bonds is 2. The molecule has 0 saturated heterocycles. The van der Waals surface area contributed by atoms with Gasteiger partial charge in [0.25, 0.3) is 0 Å². The van der Waals surface area contributed by atoms with Crippen molar-refractivity contribution in [1.29, 1.82) is 5.26 Å². The van der Waals surface area contributed by atoms with Crippen molar-refractivity contribution < 1.29 is 9.53 Å². The van der Waals surface area contributed by atoms with Gasteiger partial charge in [-0.3, -0.25) is 0 Å². The van der Waals surface area contributed by atoms with Crippen molar-refractivity contribution >= 4 is 29.5 Å². The summed E-state index contributed by atoms with van der Waals surface area (Å²) in [5.41, 5.74) is 3.03. The van der Waals surface area contributed by atoms with Crippen molar-refractivity contribution in [2.45, 2.75) is 6.92 Å². The maximum absolute atomic E-state index is 12.0. The lowest BCUT2D eigenvalue weighted by Gasteiger charge is -1.98. The zero-order valence-electron chi connectivity index (χ0n) is 12.5. The smallest absolute Gasteiger partial charge is 0.363 e. The average Bonchev–Trinajstić information content (AvgIpc) is 3.03. The Labute approximate surface area is 138 Å². The normalized spacial score (nSPS) is 15.5. The quantitative estimate of drug-likeness (QED) is 0.629. The predicted octanol–water partition coefficient (Wildman–Crippen LogP) is 3.20. The van der Waals surface area contributed by atoms with Crippen LogP contribution in [-0.2, 0) is 16.6 Å². The molecule has 1 aromatic carbocycles. The Morgan fingerprint density at radius 3 is 2.65 bits per heavy atom. The second-order valence-corrected chi connectivity index (χ2v) is 5.52. The van der Waals surface area contributed by atoms with Gasteiger partial charge in [0.05, 0.1) is 0 Å². The lowest BCUT2D eigenvalue weighted by molar-refractivity contribution is -0.129. The first-order chi connectivity index (χ1) is 11.0. The molecule has 0 radical (unpaired) electrons. The number of aliphatic imine (C=N–C) groups is 1. The molecule has 1 aromatic heterocycles. The lowest BCUT2D eigenvalue weighted by Crippen LogP contribution is -2.05. The molecule has 114 valence electrons. The highest BCUT2D eigenvalue weighted by Gasteiger charge is 2.24. The Bertz CT molecular complexity index is 899. The van der Waals surface area contributed by atoms with Gasteiger partial charge in [-0.2, -0.15) is 5.26 Å². The Kier molecular flexibility index (Phi) is 3.77. The van der Waals surface area contributed by atoms with Crippen LogP contribution in [0.5, 0.6) is 0 Å². The molecule has 0 N–H and O–H groups in total. The van der Waals surface area contributed by atoms with E-state index in [0.717, 1.165) is 11.3 Å². The van der Waals surface area contributed by atoms with E-state index in [4.69, 9.17) is 21.6 Å². The molecule has 0 unspecified atom stereocenters. The Morgan fingerprint density at radius 1 is 1.35 bits per heavy atom. The number of carbonyl (C=O) groups excluding carboxylic acids is 1. The average molecular weight is 326 g/mol. The van der Waals surface area contributed by atoms with Gasteiger partial charge in [0.2, 0.25) is 5.90 Å². The highest BCUT2D eigenvalue weighted by Crippen LogP contribution is 2.22. The van der Waals surface area contributed by atoms with E-state index in [1.54, 1.807) is 48.0 Å². The molecule has 0 aliphatic carbocycles. The molecule has 0 atom stereocenters. The molecule has 0 spiro atoms. The van der Waals surface area contributed by atoms with Crippen LogP contribution < -0.4 is 0 Å². The zero-order valence-corrected chi connectivity index (χ0v) is 13.3. The maximum atomic E-state index is 12.0. The van der Waals surface area contributed by atoms with Crippen molar-refractivity contribution in [2.75, 3.05) is 0 Å². The van der Waals surface area contributed by atoms with Crippen molar-refractivity contribution in [3.05, 3.63) is 63.6 Å². The van der Waals surface area contributed by atoms with Gasteiger partial charge in [-0.25, -0.2) is 9.79 Å². The second kappa shape index (κ2) is 5.75. The summed E-state index contributed by atoms with van der Waals surface area (Å²) in [6.07, 6.45) is 1.63. The number of hydrogen-bond donors (Lipinski definition) is 0. The van der Waals surface area contributed by atoms with Crippen LogP contribution in [0.15, 0.2) is 41.0 Å². The number of carbonyl (C=O) groups is 1. The molecule has 2 aromatic rings. The largest absolute Gasteiger partial charge is 0.402 e. The molecule has 0 saturated carbocycles. The summed E-state index contributed by atoms with van der Waals surface area (Å²) in [6.45, 7) is 1.87. The van der Waals surface area contributed by atoms with Crippen LogP contribution >= 0.6 is 11.6 Å². The number of nitrogens with zero attached hydrogens (tertiary/aromatic N) is 3. The molecule has 2 heterocycles. The summed E-state index contributed by atoms with van der Waals surface area (Å²) < 4.78 is 6.96. The van der Waals surface area contributed by atoms with Crippen LogP contribution in [0.2, 0.25) is 5.02 Å². The fraction of sp³-hybridized carbons (Fsp3) is 0.118. The minimum absolute atomic E-state index is 0.202. The van der Waals surface area contributed by atoms with E-state index in [1.165, 1.54) is 0 Å². The highest BCUT2D eigenvalue weighted by molar-refractivity contribution is 6.30. The van der Waals surface area contributed by atoms with Crippen molar-refractivity contribution in [2.24, 2.45) is 12.0 Å². The number of ether oxygens (including phenoxy) is 1. The molecular weight excluding hydrogens is 314 g/mol. The third-order valence-electron chi connectivity index (χ3n) is 3.69. The molecule has 0 amide bonds. The number of benzene rings is 1. The second-order valence-electron chi connectivity index (χ2n) is 5.08. The molecule has 5 nitrogen and oxygen atoms in total. The molecule has 0 bridgehead atoms. The fourth-order valence-electron chi connectivity index (χ4n) is 2.25. The summed E-state index contributed by atoms with van der Waals surface area (Å²) in [5, 5.41) is 9.66. The van der Waals surface area contributed by atoms with Gasteiger partial charge in [-0.05, 0) is 48.9 Å². The first kappa shape index (κ1) is 15.1. The maximum Gasteiger partial charge on any atom is 0.363 e. The number of aromatic nitrogens is 1. The molecule has 3 rings (SSSR count). The third-order valence-corrected chi connectivity index (χ3v) is 3.94. The van der Waals surface area contributed by atoms with Crippen LogP contribution in [0.1, 0.15) is 22.5 Å². The minimum Gasteiger partial charge on any atom is -0.402 e. The van der Waals surface area contributed by atoms with E-state index in [2.05, 4.69) is 11.1 Å². The summed E-state index contributed by atoms with van der Waals surface area (Å²) in [7, 11) is 1.80. The number of esters is 1. The van der Waals surface area contributed by atoms with Crippen molar-refractivity contribution in [3.8, 4) is 6.07 Å². The summed E-state index contributed by atoms with van der Waals surface area (Å²) in [6, 6.07) is 10.7. The zero-order chi connectivity index (χ0) is 16.6. The summed E-state index contributed by atoms with van der Waals surface area (Å²) in [4.78, 5) is 16.2. The van der Waals surface area contributed by atoms with Gasteiger partial charge in [0.1, 0.15) is 11.8 Å². The van der Waals surface area contributed by atoms with Gasteiger partial charge >= 0.3 is 5.97 Å². The summed E-state index contributed by atoms with van der Waals surface area (Å²) in [5.74, 6) is -0.274. The van der Waals surface area contributed by atoms with E-state index in [-0.39, 0.29) is 11.6 Å². The molecule has 0 fully saturated rings. The van der Waals surface area contributed by atoms with Crippen molar-refractivity contribution in [3.63, 3.8) is 0 Å². The number of cyclic esters (lactones) is 1. The summed E-state index contributed by atoms with van der Waals surface area (Å²) >= 11 is 5.84. The van der Waals surface area contributed by atoms with Gasteiger partial charge in [0, 0.05) is 23.3 Å². The molecular formula is C17H12ClN3O2. The Hall–Kier alpha value is -2.84. The minimum atomic E-state index is -0.517. The molecule has 23 heavy (non-hydrogen) atoms. The van der Waals surface area contributed by atoms with E-state index in [1.807, 2.05) is 6.92 Å². The van der Waals surface area contributed by atoms with E-state index in [9.17, 15) is 4.79 Å². The molecule has 1 aliphatic heterocycles. The highest BCUT2D eigenvalue weighted by atomic mass is 35.5. The van der Waals surface area contributed by atoms with Gasteiger partial charge in [-0.1, -0.05) is 11.6 Å². The van der Waals surface area contributed by atoms with Crippen molar-refractivity contribution in [1.82, 2.24) is 4.57 Å². The van der Waals surface area contributed by atoms with Gasteiger partial charge < -0.3 is 9.30 Å². The van der Waals surface area contributed by atoms with Crippen LogP contribution in [0.25, 0.3) is 6.08 Å². The van der Waals surface area contributed by atoms with Crippen LogP contribution in [-0.4, -0.2) is 16.4 Å². The van der Waals surface area contributed by atoms with E-state index < -0.39 is 5.97 Å². The van der Waals surface area contributed by atoms with E-state index >= 15 is 0 Å². The predicted molar refractivity (Wildman–Crippen MR) is 86.9 cm³/mol. The van der Waals surface area contributed by atoms with Crippen LogP contribution in [0.4, 0.5) is 0 Å². The number of nitriles is 1. The van der Waals surface area contributed by atoms with Crippen LogP contribution in [0.3, 0.4) is 0 Å². The monoisotopic (exact) mass is 325 g/mol. The van der Waals surface area contributed by atoms with Gasteiger partial charge in [-0.15, -0.1) is 0 Å². The lowest BCUT2D eigenvalue weighted by atomic mass is 10.2. The Balaban J connectivity index is 1.99. The first-order valence-corrected chi connectivity index (χ1v) is 7.22. The van der Waals surface area contributed by atoms with E-state index in [0.29, 0.717) is 16.3 Å². The topological polar surface area (TPSA) is 67.4 Å². The number of halogens is 1. The molecule has 6 heteroatoms.